The summed E-state index contributed by atoms with van der Waals surface area (Å²) in [6.45, 7) is 3.23. The van der Waals surface area contributed by atoms with Crippen LogP contribution < -0.4 is 9.62 Å². The molecule has 28 heavy (non-hydrogen) atoms. The van der Waals surface area contributed by atoms with Gasteiger partial charge < -0.3 is 5.32 Å². The number of carbonyl (C=O) groups excluding carboxylic acids is 1. The number of fused-ring (bicyclic) bond motifs is 1. The SMILES string of the molecule is CCN(C)C(C(=O)NCCS(=O)(=O)N1CCc2ccccc21)c1ccccc1. The number of nitrogens with zero attached hydrogens (tertiary/aromatic N) is 2. The van der Waals surface area contributed by atoms with Crippen molar-refractivity contribution in [2.24, 2.45) is 0 Å². The number of carbonyl (C=O) groups is 1. The topological polar surface area (TPSA) is 69.7 Å². The van der Waals surface area contributed by atoms with Gasteiger partial charge in [-0.05, 0) is 37.2 Å². The first-order chi connectivity index (χ1) is 13.4. The van der Waals surface area contributed by atoms with E-state index in [1.165, 1.54) is 4.31 Å². The first-order valence-electron chi connectivity index (χ1n) is 9.55. The average molecular weight is 402 g/mol. The molecule has 1 N–H and O–H groups in total. The number of para-hydroxylation sites is 1. The van der Waals surface area contributed by atoms with Crippen molar-refractivity contribution < 1.29 is 13.2 Å². The predicted octanol–water partition coefficient (Wildman–Crippen LogP) is 2.19. The second-order valence-electron chi connectivity index (χ2n) is 6.94. The van der Waals surface area contributed by atoms with Crippen LogP contribution in [0, 0.1) is 0 Å². The summed E-state index contributed by atoms with van der Waals surface area (Å²) in [5.41, 5.74) is 2.69. The number of likely N-dealkylation sites (N-methyl/N-ethyl adjacent to an activating group) is 1. The van der Waals surface area contributed by atoms with Crippen LogP contribution in [0.25, 0.3) is 0 Å². The van der Waals surface area contributed by atoms with Crippen molar-refractivity contribution in [2.45, 2.75) is 19.4 Å². The Kier molecular flexibility index (Phi) is 6.36. The van der Waals surface area contributed by atoms with Crippen LogP contribution in [0.2, 0.25) is 0 Å². The minimum atomic E-state index is -3.48. The number of rotatable bonds is 8. The number of sulfonamides is 1. The molecule has 0 radical (unpaired) electrons. The molecule has 1 aliphatic heterocycles. The van der Waals surface area contributed by atoms with Crippen LogP contribution in [0.4, 0.5) is 5.69 Å². The van der Waals surface area contributed by atoms with E-state index in [1.807, 2.05) is 73.5 Å². The maximum absolute atomic E-state index is 12.8. The van der Waals surface area contributed by atoms with Crippen molar-refractivity contribution in [3.05, 3.63) is 65.7 Å². The van der Waals surface area contributed by atoms with Gasteiger partial charge in [-0.3, -0.25) is 14.0 Å². The number of benzene rings is 2. The summed E-state index contributed by atoms with van der Waals surface area (Å²) in [7, 11) is -1.60. The van der Waals surface area contributed by atoms with Gasteiger partial charge in [0.2, 0.25) is 15.9 Å². The van der Waals surface area contributed by atoms with Crippen LogP contribution in [0.3, 0.4) is 0 Å². The van der Waals surface area contributed by atoms with Crippen molar-refractivity contribution in [1.29, 1.82) is 0 Å². The Balaban J connectivity index is 1.64. The molecular formula is C21H27N3O3S. The van der Waals surface area contributed by atoms with E-state index in [0.29, 0.717) is 13.1 Å². The van der Waals surface area contributed by atoms with Gasteiger partial charge in [-0.1, -0.05) is 55.5 Å². The van der Waals surface area contributed by atoms with Crippen molar-refractivity contribution in [3.63, 3.8) is 0 Å². The molecule has 0 aromatic heterocycles. The highest BCUT2D eigenvalue weighted by molar-refractivity contribution is 7.92. The van der Waals surface area contributed by atoms with Crippen molar-refractivity contribution in [1.82, 2.24) is 10.2 Å². The van der Waals surface area contributed by atoms with Crippen molar-refractivity contribution in [3.8, 4) is 0 Å². The van der Waals surface area contributed by atoms with Gasteiger partial charge in [0.15, 0.2) is 0 Å². The smallest absolute Gasteiger partial charge is 0.241 e. The van der Waals surface area contributed by atoms with Crippen LogP contribution in [0.5, 0.6) is 0 Å². The molecule has 0 spiro atoms. The Morgan fingerprint density at radius 3 is 2.54 bits per heavy atom. The molecule has 2 aromatic rings. The van der Waals surface area contributed by atoms with Crippen molar-refractivity contribution >= 4 is 21.6 Å². The summed E-state index contributed by atoms with van der Waals surface area (Å²) < 4.78 is 27.0. The standard InChI is InChI=1S/C21H27N3O3S/c1-3-23(2)20(18-10-5-4-6-11-18)21(25)22-14-16-28(26,27)24-15-13-17-9-7-8-12-19(17)24/h4-12,20H,3,13-16H2,1-2H3,(H,22,25). The van der Waals surface area contributed by atoms with Crippen LogP contribution in [-0.2, 0) is 21.2 Å². The molecule has 0 aliphatic carbocycles. The number of nitrogens with one attached hydrogen (secondary N) is 1. The van der Waals surface area contributed by atoms with E-state index in [9.17, 15) is 13.2 Å². The zero-order valence-electron chi connectivity index (χ0n) is 16.3. The second-order valence-corrected chi connectivity index (χ2v) is 8.96. The van der Waals surface area contributed by atoms with E-state index in [4.69, 9.17) is 0 Å². The molecule has 0 saturated carbocycles. The minimum Gasteiger partial charge on any atom is -0.353 e. The monoisotopic (exact) mass is 401 g/mol. The van der Waals surface area contributed by atoms with Crippen LogP contribution >= 0.6 is 0 Å². The van der Waals surface area contributed by atoms with E-state index in [0.717, 1.165) is 23.2 Å². The van der Waals surface area contributed by atoms with Gasteiger partial charge in [0, 0.05) is 13.1 Å². The number of hydrogen-bond acceptors (Lipinski definition) is 4. The largest absolute Gasteiger partial charge is 0.353 e. The maximum atomic E-state index is 12.8. The van der Waals surface area contributed by atoms with E-state index >= 15 is 0 Å². The van der Waals surface area contributed by atoms with Gasteiger partial charge in [-0.2, -0.15) is 0 Å². The molecule has 0 fully saturated rings. The predicted molar refractivity (Wildman–Crippen MR) is 112 cm³/mol. The Hall–Kier alpha value is -2.38. The molecule has 1 amide bonds. The molecule has 150 valence electrons. The zero-order chi connectivity index (χ0) is 20.1. The zero-order valence-corrected chi connectivity index (χ0v) is 17.2. The summed E-state index contributed by atoms with van der Waals surface area (Å²) in [6, 6.07) is 16.6. The van der Waals surface area contributed by atoms with Crippen molar-refractivity contribution in [2.75, 3.05) is 36.7 Å². The highest BCUT2D eigenvalue weighted by Crippen LogP contribution is 2.29. The third-order valence-electron chi connectivity index (χ3n) is 5.14. The fourth-order valence-corrected chi connectivity index (χ4v) is 4.96. The summed E-state index contributed by atoms with van der Waals surface area (Å²) in [5.74, 6) is -0.308. The first kappa shape index (κ1) is 20.4. The highest BCUT2D eigenvalue weighted by atomic mass is 32.2. The maximum Gasteiger partial charge on any atom is 0.241 e. The lowest BCUT2D eigenvalue weighted by atomic mass is 10.1. The number of amides is 1. The first-order valence-corrected chi connectivity index (χ1v) is 11.2. The highest BCUT2D eigenvalue weighted by Gasteiger charge is 2.29. The molecule has 1 unspecified atom stereocenters. The minimum absolute atomic E-state index is 0.0840. The van der Waals surface area contributed by atoms with E-state index in [1.54, 1.807) is 0 Å². The Morgan fingerprint density at radius 2 is 1.82 bits per heavy atom. The van der Waals surface area contributed by atoms with E-state index in [-0.39, 0.29) is 18.2 Å². The normalized spacial score (nSPS) is 14.8. The third kappa shape index (κ3) is 4.36. The quantitative estimate of drug-likeness (QED) is 0.736. The second kappa shape index (κ2) is 8.75. The molecule has 0 bridgehead atoms. The van der Waals surface area contributed by atoms with Crippen LogP contribution in [-0.4, -0.2) is 51.7 Å². The lowest BCUT2D eigenvalue weighted by molar-refractivity contribution is -0.126. The summed E-state index contributed by atoms with van der Waals surface area (Å²) in [4.78, 5) is 14.7. The molecule has 7 heteroatoms. The lowest BCUT2D eigenvalue weighted by Gasteiger charge is -2.26. The number of anilines is 1. The van der Waals surface area contributed by atoms with Gasteiger partial charge in [0.25, 0.3) is 0 Å². The van der Waals surface area contributed by atoms with E-state index in [2.05, 4.69) is 5.32 Å². The van der Waals surface area contributed by atoms with E-state index < -0.39 is 16.1 Å². The lowest BCUT2D eigenvalue weighted by Crippen LogP contribution is -2.42. The molecule has 3 rings (SSSR count). The summed E-state index contributed by atoms with van der Waals surface area (Å²) in [5, 5.41) is 2.81. The van der Waals surface area contributed by atoms with Crippen LogP contribution in [0.15, 0.2) is 54.6 Å². The molecule has 0 saturated heterocycles. The molecule has 1 aliphatic rings. The Bertz CT molecular complexity index is 916. The molecule has 2 aromatic carbocycles. The Morgan fingerprint density at radius 1 is 1.14 bits per heavy atom. The average Bonchev–Trinajstić information content (AvgIpc) is 3.14. The third-order valence-corrected chi connectivity index (χ3v) is 6.91. The summed E-state index contributed by atoms with van der Waals surface area (Å²) >= 11 is 0. The Labute approximate surface area is 167 Å². The molecular weight excluding hydrogens is 374 g/mol. The van der Waals surface area contributed by atoms with Gasteiger partial charge in [0.05, 0.1) is 11.4 Å². The summed E-state index contributed by atoms with van der Waals surface area (Å²) in [6.07, 6.45) is 0.721. The fourth-order valence-electron chi connectivity index (χ4n) is 3.53. The molecule has 1 atom stereocenters. The van der Waals surface area contributed by atoms with Gasteiger partial charge in [0.1, 0.15) is 6.04 Å². The van der Waals surface area contributed by atoms with Gasteiger partial charge >= 0.3 is 0 Å². The number of hydrogen-bond donors (Lipinski definition) is 1. The molecule has 1 heterocycles. The van der Waals surface area contributed by atoms with Crippen LogP contribution in [0.1, 0.15) is 24.1 Å². The molecule has 6 nitrogen and oxygen atoms in total. The van der Waals surface area contributed by atoms with Gasteiger partial charge in [-0.15, -0.1) is 0 Å². The fraction of sp³-hybridized carbons (Fsp3) is 0.381. The van der Waals surface area contributed by atoms with Gasteiger partial charge in [-0.25, -0.2) is 8.42 Å².